The minimum atomic E-state index is -4.84. The molecule has 2 atom stereocenters. The molecule has 16 heteroatoms. The van der Waals surface area contributed by atoms with Crippen molar-refractivity contribution in [3.05, 3.63) is 103 Å². The molecule has 0 unspecified atom stereocenters. The lowest BCUT2D eigenvalue weighted by Gasteiger charge is -2.34. The number of carbonyl (C=O) groups excluding carboxylic acids is 2. The van der Waals surface area contributed by atoms with Gasteiger partial charge in [-0.15, -0.1) is 13.2 Å². The molecule has 1 aliphatic rings. The zero-order valence-corrected chi connectivity index (χ0v) is 26.0. The molecule has 240 valence electrons. The van der Waals surface area contributed by atoms with Crippen LogP contribution in [-0.4, -0.2) is 55.7 Å². The van der Waals surface area contributed by atoms with Gasteiger partial charge in [0.2, 0.25) is 5.95 Å². The van der Waals surface area contributed by atoms with Crippen LogP contribution in [0.2, 0.25) is 10.0 Å². The molecule has 0 saturated heterocycles. The van der Waals surface area contributed by atoms with Gasteiger partial charge < -0.3 is 20.3 Å². The highest BCUT2D eigenvalue weighted by Gasteiger charge is 2.33. The maximum Gasteiger partial charge on any atom is 0.573 e. The maximum absolute atomic E-state index is 14.1. The van der Waals surface area contributed by atoms with Gasteiger partial charge in [-0.3, -0.25) is 14.4 Å². The summed E-state index contributed by atoms with van der Waals surface area (Å²) < 4.78 is 43.1. The van der Waals surface area contributed by atoms with E-state index in [-0.39, 0.29) is 47.1 Å². The Bertz CT molecular complexity index is 1850. The fraction of sp³-hybridized carbons (Fsp3) is 0.267. The lowest BCUT2D eigenvalue weighted by molar-refractivity contribution is -0.274. The van der Waals surface area contributed by atoms with E-state index in [2.05, 4.69) is 25.3 Å². The van der Waals surface area contributed by atoms with E-state index in [1.807, 2.05) is 0 Å². The third-order valence-corrected chi connectivity index (χ3v) is 8.07. The molecule has 0 saturated carbocycles. The summed E-state index contributed by atoms with van der Waals surface area (Å²) in [5, 5.41) is 6.11. The Labute approximate surface area is 270 Å². The van der Waals surface area contributed by atoms with Crippen molar-refractivity contribution < 1.29 is 27.5 Å². The van der Waals surface area contributed by atoms with Gasteiger partial charge in [-0.1, -0.05) is 35.3 Å². The molecule has 0 bridgehead atoms. The lowest BCUT2D eigenvalue weighted by Crippen LogP contribution is -2.46. The standard InChI is InChI=1S/C30H26Cl2F3N7O4/c1-15-10-20-24(14-41(15)27(44)18-6-9-21(31)22(32)11-18)40-29(39-16(2)17-4-7-19(8-5-17)46-30(33,34)35)42(28(20)45)25-13-37-23(12-38-25)26(43)36-3/h4-9,11-13,15-16H,10,14H2,1-3H3,(H,36,43)(H,39,40)/t15-,16+/m1/s1. The smallest absolute Gasteiger partial charge is 0.406 e. The number of ether oxygens (including phenoxy) is 1. The molecule has 0 radical (unpaired) electrons. The van der Waals surface area contributed by atoms with Crippen LogP contribution in [0, 0.1) is 0 Å². The zero-order chi connectivity index (χ0) is 33.3. The van der Waals surface area contributed by atoms with Crippen LogP contribution in [0.15, 0.2) is 59.7 Å². The van der Waals surface area contributed by atoms with Gasteiger partial charge in [0.15, 0.2) is 5.82 Å². The van der Waals surface area contributed by atoms with Gasteiger partial charge >= 0.3 is 6.36 Å². The van der Waals surface area contributed by atoms with Gasteiger partial charge in [0.1, 0.15) is 11.4 Å². The molecular formula is C30H26Cl2F3N7O4. The third kappa shape index (κ3) is 6.92. The van der Waals surface area contributed by atoms with Crippen molar-refractivity contribution in [3.8, 4) is 11.6 Å². The van der Waals surface area contributed by atoms with Gasteiger partial charge in [0.05, 0.1) is 40.7 Å². The van der Waals surface area contributed by atoms with Gasteiger partial charge in [-0.2, -0.15) is 0 Å². The number of amides is 2. The van der Waals surface area contributed by atoms with Crippen molar-refractivity contribution in [1.82, 2.24) is 29.7 Å². The summed E-state index contributed by atoms with van der Waals surface area (Å²) >= 11 is 12.2. The van der Waals surface area contributed by atoms with E-state index < -0.39 is 29.9 Å². The molecule has 4 aromatic rings. The van der Waals surface area contributed by atoms with Crippen LogP contribution in [0.3, 0.4) is 0 Å². The van der Waals surface area contributed by atoms with Gasteiger partial charge in [0.25, 0.3) is 17.4 Å². The third-order valence-electron chi connectivity index (χ3n) is 7.33. The Kier molecular flexibility index (Phi) is 9.22. The Balaban J connectivity index is 1.54. The first-order valence-corrected chi connectivity index (χ1v) is 14.6. The molecule has 3 heterocycles. The van der Waals surface area contributed by atoms with Crippen molar-refractivity contribution in [2.75, 3.05) is 12.4 Å². The minimum Gasteiger partial charge on any atom is -0.406 e. The number of hydrogen-bond donors (Lipinski definition) is 2. The summed E-state index contributed by atoms with van der Waals surface area (Å²) in [6.45, 7) is 3.53. The number of rotatable bonds is 7. The number of benzene rings is 2. The van der Waals surface area contributed by atoms with Crippen molar-refractivity contribution in [2.45, 2.75) is 45.3 Å². The quantitative estimate of drug-likeness (QED) is 0.268. The first-order chi connectivity index (χ1) is 21.8. The fourth-order valence-electron chi connectivity index (χ4n) is 4.95. The summed E-state index contributed by atoms with van der Waals surface area (Å²) in [4.78, 5) is 54.3. The second-order valence-electron chi connectivity index (χ2n) is 10.4. The molecule has 11 nitrogen and oxygen atoms in total. The fourth-order valence-corrected chi connectivity index (χ4v) is 5.25. The number of anilines is 1. The molecule has 2 N–H and O–H groups in total. The average Bonchev–Trinajstić information content (AvgIpc) is 3.01. The molecule has 0 spiro atoms. The van der Waals surface area contributed by atoms with Gasteiger partial charge in [-0.05, 0) is 56.2 Å². The van der Waals surface area contributed by atoms with Crippen LogP contribution in [0.25, 0.3) is 5.82 Å². The number of hydrogen-bond acceptors (Lipinski definition) is 8. The Morgan fingerprint density at radius 1 is 1.07 bits per heavy atom. The first kappa shape index (κ1) is 32.7. The number of nitrogens with one attached hydrogen (secondary N) is 2. The van der Waals surface area contributed by atoms with Crippen LogP contribution in [0.5, 0.6) is 5.75 Å². The topological polar surface area (TPSA) is 131 Å². The number of aromatic nitrogens is 4. The highest BCUT2D eigenvalue weighted by molar-refractivity contribution is 6.42. The first-order valence-electron chi connectivity index (χ1n) is 13.8. The molecule has 1 aliphatic heterocycles. The average molecular weight is 676 g/mol. The Morgan fingerprint density at radius 2 is 1.78 bits per heavy atom. The molecule has 0 fully saturated rings. The van der Waals surface area contributed by atoms with E-state index in [0.717, 1.165) is 0 Å². The van der Waals surface area contributed by atoms with Gasteiger partial charge in [-0.25, -0.2) is 19.5 Å². The summed E-state index contributed by atoms with van der Waals surface area (Å²) in [5.74, 6) is -1.09. The second-order valence-corrected chi connectivity index (χ2v) is 11.3. The van der Waals surface area contributed by atoms with E-state index in [9.17, 15) is 27.6 Å². The second kappa shape index (κ2) is 13.0. The summed E-state index contributed by atoms with van der Waals surface area (Å²) in [6.07, 6.45) is -2.19. The summed E-state index contributed by atoms with van der Waals surface area (Å²) in [7, 11) is 1.44. The molecule has 0 aliphatic carbocycles. The summed E-state index contributed by atoms with van der Waals surface area (Å²) in [5.41, 5.74) is 1.12. The van der Waals surface area contributed by atoms with Crippen molar-refractivity contribution in [1.29, 1.82) is 0 Å². The normalized spacial score (nSPS) is 15.1. The number of fused-ring (bicyclic) bond motifs is 1. The van der Waals surface area contributed by atoms with Gasteiger partial charge in [0, 0.05) is 24.2 Å². The Hall–Kier alpha value is -4.69. The molecule has 2 amide bonds. The highest BCUT2D eigenvalue weighted by atomic mass is 35.5. The van der Waals surface area contributed by atoms with Crippen molar-refractivity contribution in [2.24, 2.45) is 0 Å². The van der Waals surface area contributed by atoms with Crippen LogP contribution >= 0.6 is 23.2 Å². The molecule has 5 rings (SSSR count). The Morgan fingerprint density at radius 3 is 2.39 bits per heavy atom. The zero-order valence-electron chi connectivity index (χ0n) is 24.5. The van der Waals surface area contributed by atoms with Crippen LogP contribution in [0.1, 0.15) is 57.6 Å². The van der Waals surface area contributed by atoms with E-state index in [1.54, 1.807) is 24.8 Å². The predicted octanol–water partition coefficient (Wildman–Crippen LogP) is 5.35. The molecular weight excluding hydrogens is 650 g/mol. The number of nitrogens with zero attached hydrogens (tertiary/aromatic N) is 5. The maximum atomic E-state index is 14.1. The lowest BCUT2D eigenvalue weighted by atomic mass is 9.98. The van der Waals surface area contributed by atoms with Crippen LogP contribution < -0.4 is 20.9 Å². The highest BCUT2D eigenvalue weighted by Crippen LogP contribution is 2.29. The molecule has 2 aromatic carbocycles. The van der Waals surface area contributed by atoms with Crippen LogP contribution in [0.4, 0.5) is 19.1 Å². The SMILES string of the molecule is CNC(=O)c1cnc(-n2c(N[C@@H](C)c3ccc(OC(F)(F)F)cc3)nc3c(c2=O)C[C@@H](C)N(C(=O)c2ccc(Cl)c(Cl)c2)C3)cn1. The van der Waals surface area contributed by atoms with E-state index in [4.69, 9.17) is 28.2 Å². The number of halogens is 5. The monoisotopic (exact) mass is 675 g/mol. The largest absolute Gasteiger partial charge is 0.573 e. The van der Waals surface area contributed by atoms with E-state index >= 15 is 0 Å². The molecule has 46 heavy (non-hydrogen) atoms. The molecule has 2 aromatic heterocycles. The number of carbonyl (C=O) groups is 2. The van der Waals surface area contributed by atoms with E-state index in [0.29, 0.717) is 27.4 Å². The predicted molar refractivity (Wildman–Crippen MR) is 163 cm³/mol. The van der Waals surface area contributed by atoms with Crippen molar-refractivity contribution in [3.63, 3.8) is 0 Å². The van der Waals surface area contributed by atoms with Crippen molar-refractivity contribution >= 4 is 41.0 Å². The minimum absolute atomic E-state index is 0.000510. The van der Waals surface area contributed by atoms with E-state index in [1.165, 1.54) is 60.4 Å². The summed E-state index contributed by atoms with van der Waals surface area (Å²) in [6, 6.07) is 8.81. The van der Waals surface area contributed by atoms with Crippen LogP contribution in [-0.2, 0) is 13.0 Å². The number of alkyl halides is 3.